The third kappa shape index (κ3) is 3.42. The second kappa shape index (κ2) is 7.58. The van der Waals surface area contributed by atoms with Crippen LogP contribution in [0.1, 0.15) is 27.3 Å². The molecule has 9 heteroatoms. The van der Waals surface area contributed by atoms with Crippen LogP contribution in [-0.4, -0.2) is 54.9 Å². The van der Waals surface area contributed by atoms with Crippen LogP contribution in [0.4, 0.5) is 11.4 Å². The normalized spacial score (nSPS) is 23.3. The number of fused-ring (bicyclic) bond motifs is 2. The molecule has 2 fully saturated rings. The van der Waals surface area contributed by atoms with Gasteiger partial charge in [0, 0.05) is 35.4 Å². The molecule has 5 N–H and O–H groups in total. The number of carbonyl (C=O) groups excluding carboxylic acids is 1. The molecule has 6 rings (SSSR count). The Morgan fingerprint density at radius 2 is 2.15 bits per heavy atom. The van der Waals surface area contributed by atoms with Crippen LogP contribution in [0, 0.1) is 6.92 Å². The van der Waals surface area contributed by atoms with Gasteiger partial charge in [0.1, 0.15) is 22.1 Å². The van der Waals surface area contributed by atoms with Gasteiger partial charge in [-0.3, -0.25) is 4.79 Å². The summed E-state index contributed by atoms with van der Waals surface area (Å²) in [4.78, 5) is 21.1. The molecule has 0 unspecified atom stereocenters. The lowest BCUT2D eigenvalue weighted by molar-refractivity contribution is -0.0512. The van der Waals surface area contributed by atoms with Gasteiger partial charge < -0.3 is 31.2 Å². The second-order valence-electron chi connectivity index (χ2n) is 9.42. The van der Waals surface area contributed by atoms with Gasteiger partial charge in [-0.2, -0.15) is 0 Å². The average Bonchev–Trinajstić information content (AvgIpc) is 3.30. The summed E-state index contributed by atoms with van der Waals surface area (Å²) in [6.07, 6.45) is 1.66. The van der Waals surface area contributed by atoms with Crippen molar-refractivity contribution in [2.45, 2.75) is 37.4 Å². The number of hydrogen-bond donors (Lipinski definition) is 3. The van der Waals surface area contributed by atoms with Gasteiger partial charge in [0.2, 0.25) is 0 Å². The second-order valence-corrected chi connectivity index (χ2v) is 10.4. The zero-order valence-electron chi connectivity index (χ0n) is 18.5. The monoisotopic (exact) mass is 465 g/mol. The minimum absolute atomic E-state index is 0.0242. The van der Waals surface area contributed by atoms with E-state index in [9.17, 15) is 4.79 Å². The number of nitrogens with two attached hydrogens (primary N) is 2. The first kappa shape index (κ1) is 20.7. The summed E-state index contributed by atoms with van der Waals surface area (Å²) in [6.45, 7) is 4.62. The quantitative estimate of drug-likeness (QED) is 0.543. The van der Waals surface area contributed by atoms with Crippen molar-refractivity contribution in [2.24, 2.45) is 5.73 Å². The Labute approximate surface area is 195 Å². The minimum atomic E-state index is -0.181. The molecule has 1 spiro atoms. The lowest BCUT2D eigenvalue weighted by Crippen LogP contribution is -2.59. The Kier molecular flexibility index (Phi) is 4.76. The molecule has 2 atom stereocenters. The van der Waals surface area contributed by atoms with Gasteiger partial charge in [-0.05, 0) is 43.5 Å². The molecule has 0 aliphatic carbocycles. The van der Waals surface area contributed by atoms with Gasteiger partial charge in [0.15, 0.2) is 0 Å². The van der Waals surface area contributed by atoms with Crippen molar-refractivity contribution >= 4 is 38.8 Å². The van der Waals surface area contributed by atoms with Crippen molar-refractivity contribution in [3.63, 3.8) is 0 Å². The van der Waals surface area contributed by atoms with Crippen molar-refractivity contribution < 1.29 is 14.3 Å². The van der Waals surface area contributed by atoms with Crippen molar-refractivity contribution in [3.8, 4) is 5.75 Å². The van der Waals surface area contributed by atoms with Crippen LogP contribution in [0.15, 0.2) is 30.3 Å². The molecule has 2 saturated heterocycles. The molecule has 172 valence electrons. The first-order valence-electron chi connectivity index (χ1n) is 11.2. The van der Waals surface area contributed by atoms with Crippen LogP contribution < -0.4 is 26.4 Å². The number of nitrogens with zero attached hydrogens (tertiary/aromatic N) is 2. The summed E-state index contributed by atoms with van der Waals surface area (Å²) in [5, 5.41) is 3.92. The van der Waals surface area contributed by atoms with Crippen LogP contribution in [0.3, 0.4) is 0 Å². The van der Waals surface area contributed by atoms with E-state index in [1.54, 1.807) is 0 Å². The zero-order valence-corrected chi connectivity index (χ0v) is 19.3. The van der Waals surface area contributed by atoms with Crippen LogP contribution >= 0.6 is 11.3 Å². The molecule has 1 amide bonds. The maximum Gasteiger partial charge on any atom is 0.263 e. The zero-order chi connectivity index (χ0) is 22.7. The summed E-state index contributed by atoms with van der Waals surface area (Å²) < 4.78 is 11.6. The van der Waals surface area contributed by atoms with E-state index >= 15 is 0 Å². The van der Waals surface area contributed by atoms with E-state index in [1.165, 1.54) is 11.3 Å². The number of rotatable bonds is 3. The highest BCUT2D eigenvalue weighted by Crippen LogP contribution is 2.41. The number of nitrogens with one attached hydrogen (secondary N) is 1. The number of benzene rings is 1. The van der Waals surface area contributed by atoms with Crippen LogP contribution in [0.5, 0.6) is 5.75 Å². The smallest absolute Gasteiger partial charge is 0.263 e. The van der Waals surface area contributed by atoms with E-state index in [2.05, 4.69) is 33.4 Å². The van der Waals surface area contributed by atoms with Crippen molar-refractivity contribution in [3.05, 3.63) is 46.5 Å². The first-order valence-corrected chi connectivity index (χ1v) is 12.1. The van der Waals surface area contributed by atoms with Gasteiger partial charge in [-0.1, -0.05) is 6.07 Å². The van der Waals surface area contributed by atoms with Crippen molar-refractivity contribution in [2.75, 3.05) is 37.0 Å². The third-order valence-corrected chi connectivity index (χ3v) is 8.03. The summed E-state index contributed by atoms with van der Waals surface area (Å²) in [5.74, 6) is 0.690. The number of thiophene rings is 1. The summed E-state index contributed by atoms with van der Waals surface area (Å²) in [7, 11) is 0. The van der Waals surface area contributed by atoms with Gasteiger partial charge in [0.05, 0.1) is 30.5 Å². The molecule has 5 heterocycles. The number of pyridine rings is 1. The summed E-state index contributed by atoms with van der Waals surface area (Å²) in [5.41, 5.74) is 16.1. The highest BCUT2D eigenvalue weighted by Gasteiger charge is 2.50. The van der Waals surface area contributed by atoms with Gasteiger partial charge in [0.25, 0.3) is 5.91 Å². The summed E-state index contributed by atoms with van der Waals surface area (Å²) >= 11 is 1.33. The lowest BCUT2D eigenvalue weighted by atomic mass is 9.92. The molecule has 2 aromatic heterocycles. The Balaban J connectivity index is 1.18. The van der Waals surface area contributed by atoms with E-state index in [4.69, 9.17) is 20.9 Å². The van der Waals surface area contributed by atoms with Crippen molar-refractivity contribution in [1.82, 2.24) is 10.3 Å². The van der Waals surface area contributed by atoms with E-state index < -0.39 is 0 Å². The van der Waals surface area contributed by atoms with Crippen LogP contribution in [0.25, 0.3) is 10.2 Å². The molecule has 3 aromatic rings. The topological polar surface area (TPSA) is 116 Å². The molecule has 1 aromatic carbocycles. The maximum atomic E-state index is 13.0. The molecule has 0 radical (unpaired) electrons. The maximum absolute atomic E-state index is 13.0. The Hall–Kier alpha value is -2.88. The number of anilines is 2. The molecule has 33 heavy (non-hydrogen) atoms. The fourth-order valence-corrected chi connectivity index (χ4v) is 6.25. The van der Waals surface area contributed by atoms with Crippen LogP contribution in [0.2, 0.25) is 0 Å². The summed E-state index contributed by atoms with van der Waals surface area (Å²) in [6, 6.07) is 10.2. The van der Waals surface area contributed by atoms with Crippen molar-refractivity contribution in [1.29, 1.82) is 0 Å². The molecular formula is C24H27N5O3S. The number of carbonyl (C=O) groups is 1. The predicted molar refractivity (Wildman–Crippen MR) is 129 cm³/mol. The fraction of sp³-hybridized carbons (Fsp3) is 0.417. The van der Waals surface area contributed by atoms with Gasteiger partial charge >= 0.3 is 0 Å². The van der Waals surface area contributed by atoms with Crippen LogP contribution in [-0.2, 0) is 11.2 Å². The van der Waals surface area contributed by atoms with E-state index in [0.717, 1.165) is 59.1 Å². The number of aryl methyl sites for hydroxylation is 1. The SMILES string of the molecule is Cc1ccc2c(N)c(C(=O)N[C@H]3COc4cc(N5C[C@H](N)CC56COC6)ccc4C3)sc2n1. The Bertz CT molecular complexity index is 1250. The molecule has 0 bridgehead atoms. The van der Waals surface area contributed by atoms with E-state index in [1.807, 2.05) is 19.1 Å². The Morgan fingerprint density at radius 1 is 1.30 bits per heavy atom. The molecule has 0 saturated carbocycles. The van der Waals surface area contributed by atoms with E-state index in [-0.39, 0.29) is 23.5 Å². The first-order chi connectivity index (χ1) is 15.9. The number of hydrogen-bond acceptors (Lipinski definition) is 8. The third-order valence-electron chi connectivity index (χ3n) is 6.92. The highest BCUT2D eigenvalue weighted by molar-refractivity contribution is 7.21. The number of amides is 1. The van der Waals surface area contributed by atoms with E-state index in [0.29, 0.717) is 23.6 Å². The molecule has 8 nitrogen and oxygen atoms in total. The largest absolute Gasteiger partial charge is 0.491 e. The Morgan fingerprint density at radius 3 is 2.94 bits per heavy atom. The number of nitrogen functional groups attached to an aromatic ring is 1. The van der Waals surface area contributed by atoms with Gasteiger partial charge in [-0.25, -0.2) is 4.98 Å². The predicted octanol–water partition coefficient (Wildman–Crippen LogP) is 2.23. The number of aromatic nitrogens is 1. The average molecular weight is 466 g/mol. The minimum Gasteiger partial charge on any atom is -0.491 e. The molecular weight excluding hydrogens is 438 g/mol. The highest BCUT2D eigenvalue weighted by atomic mass is 32.1. The van der Waals surface area contributed by atoms with Gasteiger partial charge in [-0.15, -0.1) is 11.3 Å². The molecule has 3 aliphatic rings. The number of ether oxygens (including phenoxy) is 2. The lowest BCUT2D eigenvalue weighted by Gasteiger charge is -2.46. The fourth-order valence-electron chi connectivity index (χ4n) is 5.21. The standard InChI is InChI=1S/C24H27N5O3S/c1-13-2-5-18-20(26)21(33-23(18)27-13)22(30)28-16-6-14-3-4-17(7-19(14)32-10-16)29-9-15(25)8-24(29)11-31-12-24/h2-5,7,15-16H,6,8-12,25-26H2,1H3,(H,28,30)/t15-,16-/m1/s1. The molecule has 3 aliphatic heterocycles.